The highest BCUT2D eigenvalue weighted by Crippen LogP contribution is 2.20. The number of nitrogens with one attached hydrogen (secondary N) is 1. The molecule has 1 amide bonds. The Morgan fingerprint density at radius 3 is 2.36 bits per heavy atom. The van der Waals surface area contributed by atoms with Gasteiger partial charge in [0.2, 0.25) is 5.91 Å². The van der Waals surface area contributed by atoms with E-state index in [-0.39, 0.29) is 17.5 Å². The molecule has 0 unspecified atom stereocenters. The van der Waals surface area contributed by atoms with E-state index in [1.807, 2.05) is 0 Å². The van der Waals surface area contributed by atoms with Crippen LogP contribution in [0, 0.1) is 17.5 Å². The lowest BCUT2D eigenvalue weighted by atomic mass is 10.0. The zero-order chi connectivity index (χ0) is 16.3. The average Bonchev–Trinajstić information content (AvgIpc) is 2.48. The Morgan fingerprint density at radius 2 is 1.68 bits per heavy atom. The van der Waals surface area contributed by atoms with Crippen LogP contribution in [0.2, 0.25) is 0 Å². The third kappa shape index (κ3) is 3.25. The maximum absolute atomic E-state index is 13.4. The molecule has 0 saturated heterocycles. The predicted molar refractivity (Wildman–Crippen MR) is 69.4 cm³/mol. The summed E-state index contributed by atoms with van der Waals surface area (Å²) >= 11 is 0. The third-order valence-corrected chi connectivity index (χ3v) is 2.90. The van der Waals surface area contributed by atoms with Crippen LogP contribution in [-0.4, -0.2) is 11.9 Å². The summed E-state index contributed by atoms with van der Waals surface area (Å²) in [5, 5.41) is 13.0. The zero-order valence-electron chi connectivity index (χ0n) is 11.0. The van der Waals surface area contributed by atoms with Crippen LogP contribution in [0.3, 0.4) is 0 Å². The topological polar surface area (TPSA) is 69.2 Å². The standard InChI is InChI=1S/C15H10F3NO3/c16-10-5-6-11(14(18)13(10)17)19-12(20)7-8-3-1-2-4-9(8)15(21)22/h1-6H,7H2,(H,19,20)(H,21,22)/p-1. The predicted octanol–water partition coefficient (Wildman–Crippen LogP) is 1.65. The lowest BCUT2D eigenvalue weighted by Gasteiger charge is -2.11. The van der Waals surface area contributed by atoms with Gasteiger partial charge >= 0.3 is 0 Å². The SMILES string of the molecule is O=C(Cc1ccccc1C(=O)[O-])Nc1ccc(F)c(F)c1F. The van der Waals surface area contributed by atoms with Crippen LogP contribution in [0.15, 0.2) is 36.4 Å². The minimum absolute atomic E-state index is 0.156. The number of halogens is 3. The van der Waals surface area contributed by atoms with Gasteiger partial charge in [0.05, 0.1) is 18.1 Å². The number of rotatable bonds is 4. The largest absolute Gasteiger partial charge is 0.545 e. The molecule has 0 aromatic heterocycles. The fraction of sp³-hybridized carbons (Fsp3) is 0.0667. The van der Waals surface area contributed by atoms with E-state index >= 15 is 0 Å². The van der Waals surface area contributed by atoms with Gasteiger partial charge in [-0.15, -0.1) is 0 Å². The van der Waals surface area contributed by atoms with Gasteiger partial charge in [-0.05, 0) is 17.7 Å². The summed E-state index contributed by atoms with van der Waals surface area (Å²) in [6, 6.07) is 7.18. The summed E-state index contributed by atoms with van der Waals surface area (Å²) in [4.78, 5) is 22.7. The molecule has 0 aliphatic carbocycles. The summed E-state index contributed by atoms with van der Waals surface area (Å²) in [5.74, 6) is -6.84. The molecule has 0 bridgehead atoms. The molecule has 2 rings (SSSR count). The summed E-state index contributed by atoms with van der Waals surface area (Å²) in [6.45, 7) is 0. The van der Waals surface area contributed by atoms with Gasteiger partial charge < -0.3 is 15.2 Å². The molecule has 0 atom stereocenters. The second-order valence-corrected chi connectivity index (χ2v) is 4.39. The molecule has 22 heavy (non-hydrogen) atoms. The van der Waals surface area contributed by atoms with Crippen molar-refractivity contribution in [1.82, 2.24) is 0 Å². The first-order chi connectivity index (χ1) is 10.4. The molecular formula is C15H9F3NO3-. The van der Waals surface area contributed by atoms with Gasteiger partial charge in [0.15, 0.2) is 17.5 Å². The highest BCUT2D eigenvalue weighted by Gasteiger charge is 2.16. The Hall–Kier alpha value is -2.83. The number of carbonyl (C=O) groups excluding carboxylic acids is 2. The van der Waals surface area contributed by atoms with Crippen LogP contribution in [0.25, 0.3) is 0 Å². The van der Waals surface area contributed by atoms with Gasteiger partial charge in [-0.3, -0.25) is 4.79 Å². The van der Waals surface area contributed by atoms with Crippen molar-refractivity contribution in [3.8, 4) is 0 Å². The molecule has 0 radical (unpaired) electrons. The number of hydrogen-bond acceptors (Lipinski definition) is 3. The van der Waals surface area contributed by atoms with E-state index in [0.717, 1.165) is 6.07 Å². The van der Waals surface area contributed by atoms with Crippen LogP contribution in [0.4, 0.5) is 18.9 Å². The minimum atomic E-state index is -1.70. The van der Waals surface area contributed by atoms with Crippen LogP contribution >= 0.6 is 0 Å². The maximum Gasteiger partial charge on any atom is 0.228 e. The van der Waals surface area contributed by atoms with Gasteiger partial charge in [-0.25, -0.2) is 13.2 Å². The van der Waals surface area contributed by atoms with Crippen molar-refractivity contribution in [3.63, 3.8) is 0 Å². The van der Waals surface area contributed by atoms with E-state index in [0.29, 0.717) is 6.07 Å². The molecule has 0 saturated carbocycles. The zero-order valence-corrected chi connectivity index (χ0v) is 11.0. The first-order valence-electron chi connectivity index (χ1n) is 6.12. The Bertz CT molecular complexity index is 747. The molecule has 2 aromatic rings. The Balaban J connectivity index is 2.18. The fourth-order valence-corrected chi connectivity index (χ4v) is 1.86. The number of carboxylic acids is 1. The van der Waals surface area contributed by atoms with Crippen LogP contribution in [-0.2, 0) is 11.2 Å². The van der Waals surface area contributed by atoms with Gasteiger partial charge in [-0.2, -0.15) is 0 Å². The van der Waals surface area contributed by atoms with E-state index in [9.17, 15) is 27.9 Å². The van der Waals surface area contributed by atoms with E-state index < -0.39 is 35.0 Å². The number of anilines is 1. The van der Waals surface area contributed by atoms with Gasteiger partial charge in [0.1, 0.15) is 0 Å². The van der Waals surface area contributed by atoms with Crippen LogP contribution < -0.4 is 10.4 Å². The number of amides is 1. The van der Waals surface area contributed by atoms with E-state index in [2.05, 4.69) is 5.32 Å². The summed E-state index contributed by atoms with van der Waals surface area (Å²) in [7, 11) is 0. The molecular weight excluding hydrogens is 299 g/mol. The molecule has 0 heterocycles. The Kier molecular flexibility index (Phi) is 4.45. The van der Waals surface area contributed by atoms with Crippen molar-refractivity contribution in [1.29, 1.82) is 0 Å². The average molecular weight is 308 g/mol. The van der Waals surface area contributed by atoms with Crippen molar-refractivity contribution in [3.05, 3.63) is 65.0 Å². The molecule has 114 valence electrons. The molecule has 2 aromatic carbocycles. The van der Waals surface area contributed by atoms with Gasteiger partial charge in [-0.1, -0.05) is 24.3 Å². The lowest BCUT2D eigenvalue weighted by molar-refractivity contribution is -0.255. The quantitative estimate of drug-likeness (QED) is 0.873. The highest BCUT2D eigenvalue weighted by molar-refractivity contribution is 5.95. The molecule has 0 aliphatic heterocycles. The van der Waals surface area contributed by atoms with Crippen LogP contribution in [0.1, 0.15) is 15.9 Å². The van der Waals surface area contributed by atoms with E-state index in [1.54, 1.807) is 0 Å². The number of benzene rings is 2. The molecule has 7 heteroatoms. The molecule has 0 fully saturated rings. The number of aromatic carboxylic acids is 1. The van der Waals surface area contributed by atoms with E-state index in [1.165, 1.54) is 24.3 Å². The van der Waals surface area contributed by atoms with Crippen molar-refractivity contribution >= 4 is 17.6 Å². The fourth-order valence-electron chi connectivity index (χ4n) is 1.86. The van der Waals surface area contributed by atoms with Crippen molar-refractivity contribution < 1.29 is 27.9 Å². The number of carboxylic acid groups (broad SMARTS) is 1. The van der Waals surface area contributed by atoms with Crippen LogP contribution in [0.5, 0.6) is 0 Å². The Labute approximate surface area is 123 Å². The van der Waals surface area contributed by atoms with E-state index in [4.69, 9.17) is 0 Å². The minimum Gasteiger partial charge on any atom is -0.545 e. The summed E-state index contributed by atoms with van der Waals surface area (Å²) < 4.78 is 39.3. The lowest BCUT2D eigenvalue weighted by Crippen LogP contribution is -2.25. The second-order valence-electron chi connectivity index (χ2n) is 4.39. The molecule has 0 spiro atoms. The Morgan fingerprint density at radius 1 is 1.00 bits per heavy atom. The maximum atomic E-state index is 13.4. The van der Waals surface area contributed by atoms with Crippen molar-refractivity contribution in [2.75, 3.05) is 5.32 Å². The first-order valence-corrected chi connectivity index (χ1v) is 6.12. The summed E-state index contributed by atoms with van der Waals surface area (Å²) in [6.07, 6.45) is -0.386. The first kappa shape index (κ1) is 15.6. The third-order valence-electron chi connectivity index (χ3n) is 2.90. The van der Waals surface area contributed by atoms with Crippen molar-refractivity contribution in [2.45, 2.75) is 6.42 Å². The normalized spacial score (nSPS) is 10.3. The second kappa shape index (κ2) is 6.30. The number of carbonyl (C=O) groups is 2. The van der Waals surface area contributed by atoms with Crippen molar-refractivity contribution in [2.24, 2.45) is 0 Å². The molecule has 4 nitrogen and oxygen atoms in total. The monoisotopic (exact) mass is 308 g/mol. The molecule has 1 N–H and O–H groups in total. The molecule has 0 aliphatic rings. The number of hydrogen-bond donors (Lipinski definition) is 1. The van der Waals surface area contributed by atoms with Gasteiger partial charge in [0, 0.05) is 5.56 Å². The highest BCUT2D eigenvalue weighted by atomic mass is 19.2. The van der Waals surface area contributed by atoms with Gasteiger partial charge in [0.25, 0.3) is 0 Å². The summed E-state index contributed by atoms with van der Waals surface area (Å²) in [5.41, 5.74) is -0.554. The smallest absolute Gasteiger partial charge is 0.228 e.